The molecule has 0 bridgehead atoms. The van der Waals surface area contributed by atoms with E-state index in [-0.39, 0.29) is 11.8 Å². The number of likely N-dealkylation sites (tertiary alicyclic amines) is 1. The summed E-state index contributed by atoms with van der Waals surface area (Å²) in [6.45, 7) is 5.21. The summed E-state index contributed by atoms with van der Waals surface area (Å²) in [6.07, 6.45) is 1.84. The van der Waals surface area contributed by atoms with E-state index in [0.29, 0.717) is 24.0 Å². The number of carbonyl (C=O) groups excluding carboxylic acids is 1. The zero-order valence-corrected chi connectivity index (χ0v) is 14.9. The van der Waals surface area contributed by atoms with Crippen LogP contribution in [-0.2, 0) is 0 Å². The van der Waals surface area contributed by atoms with Gasteiger partial charge in [0.1, 0.15) is 5.76 Å². The molecule has 134 valence electrons. The number of piperidine rings is 1. The van der Waals surface area contributed by atoms with Gasteiger partial charge in [0.25, 0.3) is 5.91 Å². The minimum Gasteiger partial charge on any atom is -0.458 e. The van der Waals surface area contributed by atoms with Crippen LogP contribution in [0.2, 0.25) is 0 Å². The maximum atomic E-state index is 12.8. The molecular weight excluding hydrogens is 330 g/mol. The molecular formula is C20H21N3O3. The second-order valence-electron chi connectivity index (χ2n) is 6.83. The molecule has 1 aromatic carbocycles. The van der Waals surface area contributed by atoms with Gasteiger partial charge in [-0.3, -0.25) is 4.79 Å². The number of hydrogen-bond donors (Lipinski definition) is 0. The highest BCUT2D eigenvalue weighted by molar-refractivity contribution is 5.94. The van der Waals surface area contributed by atoms with E-state index in [1.165, 1.54) is 0 Å². The standard InChI is InChI=1S/C20H21N3O3/c1-13-5-3-6-15(11-13)20(24)23-10-4-7-16(12-23)19-21-18(22-26-19)17-9-8-14(2)25-17/h3,5-6,8-9,11,16H,4,7,10,12H2,1-2H3/t16-/m1/s1. The molecule has 1 saturated heterocycles. The fourth-order valence-electron chi connectivity index (χ4n) is 3.38. The fourth-order valence-corrected chi connectivity index (χ4v) is 3.38. The van der Waals surface area contributed by atoms with Crippen molar-refractivity contribution in [1.29, 1.82) is 0 Å². The van der Waals surface area contributed by atoms with Crippen molar-refractivity contribution in [1.82, 2.24) is 15.0 Å². The lowest BCUT2D eigenvalue weighted by atomic mass is 9.97. The van der Waals surface area contributed by atoms with Gasteiger partial charge in [-0.25, -0.2) is 0 Å². The van der Waals surface area contributed by atoms with Crippen LogP contribution in [0.25, 0.3) is 11.6 Å². The third-order valence-corrected chi connectivity index (χ3v) is 4.73. The maximum Gasteiger partial charge on any atom is 0.253 e. The number of aryl methyl sites for hydroxylation is 2. The van der Waals surface area contributed by atoms with Gasteiger partial charge in [0.05, 0.1) is 5.92 Å². The number of amides is 1. The van der Waals surface area contributed by atoms with Crippen LogP contribution < -0.4 is 0 Å². The molecule has 0 spiro atoms. The van der Waals surface area contributed by atoms with Gasteiger partial charge in [0.15, 0.2) is 5.76 Å². The van der Waals surface area contributed by atoms with Crippen molar-refractivity contribution in [3.05, 3.63) is 59.2 Å². The highest BCUT2D eigenvalue weighted by atomic mass is 16.5. The third kappa shape index (κ3) is 3.27. The number of benzene rings is 1. The lowest BCUT2D eigenvalue weighted by molar-refractivity contribution is 0.0695. The van der Waals surface area contributed by atoms with Crippen LogP contribution in [0.5, 0.6) is 0 Å². The molecule has 6 heteroatoms. The lowest BCUT2D eigenvalue weighted by Crippen LogP contribution is -2.39. The Morgan fingerprint density at radius 2 is 2.12 bits per heavy atom. The van der Waals surface area contributed by atoms with Crippen LogP contribution >= 0.6 is 0 Å². The van der Waals surface area contributed by atoms with Crippen molar-refractivity contribution in [2.75, 3.05) is 13.1 Å². The Bertz CT molecular complexity index is 928. The zero-order chi connectivity index (χ0) is 18.1. The first-order valence-electron chi connectivity index (χ1n) is 8.86. The first-order chi connectivity index (χ1) is 12.6. The molecule has 0 radical (unpaired) electrons. The lowest BCUT2D eigenvalue weighted by Gasteiger charge is -2.31. The Kier molecular flexibility index (Phi) is 4.32. The second-order valence-corrected chi connectivity index (χ2v) is 6.83. The molecule has 1 aliphatic rings. The van der Waals surface area contributed by atoms with Crippen LogP contribution in [0.1, 0.15) is 46.3 Å². The summed E-state index contributed by atoms with van der Waals surface area (Å²) >= 11 is 0. The van der Waals surface area contributed by atoms with Gasteiger partial charge in [-0.05, 0) is 51.0 Å². The number of rotatable bonds is 3. The predicted molar refractivity (Wildman–Crippen MR) is 95.8 cm³/mol. The molecule has 1 aliphatic heterocycles. The Balaban J connectivity index is 1.50. The largest absolute Gasteiger partial charge is 0.458 e. The minimum absolute atomic E-state index is 0.0508. The number of nitrogens with zero attached hydrogens (tertiary/aromatic N) is 3. The number of carbonyl (C=O) groups is 1. The molecule has 1 fully saturated rings. The molecule has 1 amide bonds. The van der Waals surface area contributed by atoms with Gasteiger partial charge in [-0.15, -0.1) is 0 Å². The molecule has 26 heavy (non-hydrogen) atoms. The summed E-state index contributed by atoms with van der Waals surface area (Å²) in [5.74, 6) is 2.53. The van der Waals surface area contributed by atoms with E-state index in [2.05, 4.69) is 10.1 Å². The topological polar surface area (TPSA) is 72.4 Å². The highest BCUT2D eigenvalue weighted by Crippen LogP contribution is 2.29. The van der Waals surface area contributed by atoms with Crippen LogP contribution in [0.3, 0.4) is 0 Å². The van der Waals surface area contributed by atoms with E-state index in [0.717, 1.165) is 36.3 Å². The zero-order valence-electron chi connectivity index (χ0n) is 14.9. The van der Waals surface area contributed by atoms with Gasteiger partial charge in [0, 0.05) is 18.7 Å². The Hall–Kier alpha value is -2.89. The van der Waals surface area contributed by atoms with Crippen LogP contribution in [0, 0.1) is 13.8 Å². The van der Waals surface area contributed by atoms with Gasteiger partial charge >= 0.3 is 0 Å². The van der Waals surface area contributed by atoms with Crippen molar-refractivity contribution in [2.24, 2.45) is 0 Å². The monoisotopic (exact) mass is 351 g/mol. The SMILES string of the molecule is Cc1cccc(C(=O)N2CCC[C@@H](c3nc(-c4ccc(C)o4)no3)C2)c1. The second kappa shape index (κ2) is 6.78. The van der Waals surface area contributed by atoms with E-state index in [4.69, 9.17) is 8.94 Å². The Morgan fingerprint density at radius 3 is 2.88 bits per heavy atom. The third-order valence-electron chi connectivity index (χ3n) is 4.73. The summed E-state index contributed by atoms with van der Waals surface area (Å²) in [6, 6.07) is 11.4. The summed E-state index contributed by atoms with van der Waals surface area (Å²) in [4.78, 5) is 19.2. The molecule has 0 N–H and O–H groups in total. The minimum atomic E-state index is 0.0508. The molecule has 0 aliphatic carbocycles. The van der Waals surface area contributed by atoms with E-state index in [9.17, 15) is 4.79 Å². The van der Waals surface area contributed by atoms with Crippen molar-refractivity contribution in [3.63, 3.8) is 0 Å². The van der Waals surface area contributed by atoms with Crippen LogP contribution in [0.15, 0.2) is 45.3 Å². The van der Waals surface area contributed by atoms with Crippen molar-refractivity contribution >= 4 is 5.91 Å². The molecule has 2 aromatic heterocycles. The van der Waals surface area contributed by atoms with Gasteiger partial charge in [0.2, 0.25) is 11.7 Å². The van der Waals surface area contributed by atoms with Crippen LogP contribution in [0.4, 0.5) is 0 Å². The number of furan rings is 1. The molecule has 3 aromatic rings. The Morgan fingerprint density at radius 1 is 1.23 bits per heavy atom. The van der Waals surface area contributed by atoms with Gasteiger partial charge in [-0.2, -0.15) is 4.98 Å². The normalized spacial score (nSPS) is 17.5. The average Bonchev–Trinajstić information content (AvgIpc) is 3.30. The molecule has 6 nitrogen and oxygen atoms in total. The summed E-state index contributed by atoms with van der Waals surface area (Å²) < 4.78 is 11.0. The molecule has 4 rings (SSSR count). The summed E-state index contributed by atoms with van der Waals surface area (Å²) in [7, 11) is 0. The predicted octanol–water partition coefficient (Wildman–Crippen LogP) is 3.97. The van der Waals surface area contributed by atoms with Crippen molar-refractivity contribution in [3.8, 4) is 11.6 Å². The van der Waals surface area contributed by atoms with E-state index in [1.54, 1.807) is 0 Å². The maximum absolute atomic E-state index is 12.8. The first kappa shape index (κ1) is 16.6. The molecule has 1 atom stereocenters. The smallest absolute Gasteiger partial charge is 0.253 e. The first-order valence-corrected chi connectivity index (χ1v) is 8.86. The average molecular weight is 351 g/mol. The fraction of sp³-hybridized carbons (Fsp3) is 0.350. The van der Waals surface area contributed by atoms with E-state index in [1.807, 2.05) is 55.1 Å². The van der Waals surface area contributed by atoms with Crippen molar-refractivity contribution < 1.29 is 13.7 Å². The van der Waals surface area contributed by atoms with Crippen molar-refractivity contribution in [2.45, 2.75) is 32.6 Å². The molecule has 0 unspecified atom stereocenters. The van der Waals surface area contributed by atoms with Crippen LogP contribution in [-0.4, -0.2) is 34.0 Å². The number of aromatic nitrogens is 2. The summed E-state index contributed by atoms with van der Waals surface area (Å²) in [5.41, 5.74) is 1.81. The molecule has 0 saturated carbocycles. The summed E-state index contributed by atoms with van der Waals surface area (Å²) in [5, 5.41) is 4.03. The quantitative estimate of drug-likeness (QED) is 0.714. The van der Waals surface area contributed by atoms with Gasteiger partial charge in [-0.1, -0.05) is 22.9 Å². The highest BCUT2D eigenvalue weighted by Gasteiger charge is 2.29. The van der Waals surface area contributed by atoms with Gasteiger partial charge < -0.3 is 13.8 Å². The van der Waals surface area contributed by atoms with E-state index < -0.39 is 0 Å². The Labute approximate surface area is 151 Å². The van der Waals surface area contributed by atoms with E-state index >= 15 is 0 Å². The number of hydrogen-bond acceptors (Lipinski definition) is 5. The molecule has 3 heterocycles.